The molecular weight excluding hydrogens is 136 g/mol. The fourth-order valence-corrected chi connectivity index (χ4v) is 0.826. The summed E-state index contributed by atoms with van der Waals surface area (Å²) >= 11 is 4.73. The van der Waals surface area contributed by atoms with Gasteiger partial charge in [0, 0.05) is 5.70 Å². The van der Waals surface area contributed by atoms with E-state index in [1.165, 1.54) is 0 Å². The minimum Gasteiger partial charge on any atom is -0.335 e. The Labute approximate surface area is 58.9 Å². The second kappa shape index (κ2) is 2.33. The van der Waals surface area contributed by atoms with Crippen LogP contribution in [-0.2, 0) is 0 Å². The second-order valence-electron chi connectivity index (χ2n) is 1.90. The van der Waals surface area contributed by atoms with Gasteiger partial charge in [-0.2, -0.15) is 0 Å². The molecule has 0 aromatic rings. The predicted octanol–water partition coefficient (Wildman–Crippen LogP) is 0.470. The van der Waals surface area contributed by atoms with Crippen LogP contribution in [0.1, 0.15) is 6.92 Å². The Morgan fingerprint density at radius 1 is 1.89 bits per heavy atom. The highest BCUT2D eigenvalue weighted by Crippen LogP contribution is 1.97. The van der Waals surface area contributed by atoms with Gasteiger partial charge in [0.1, 0.15) is 0 Å². The average Bonchev–Trinajstić information content (AvgIpc) is 1.80. The Morgan fingerprint density at radius 3 is 3.00 bits per heavy atom. The van der Waals surface area contributed by atoms with Crippen molar-refractivity contribution in [2.75, 3.05) is 6.54 Å². The van der Waals surface area contributed by atoms with Crippen LogP contribution in [0, 0.1) is 0 Å². The molecule has 0 radical (unpaired) electrons. The van der Waals surface area contributed by atoms with Gasteiger partial charge in [0.15, 0.2) is 5.11 Å². The maximum Gasteiger partial charge on any atom is 0.197 e. The van der Waals surface area contributed by atoms with E-state index in [0.717, 1.165) is 10.8 Å². The molecule has 4 heteroatoms. The molecule has 2 N–H and O–H groups in total. The lowest BCUT2D eigenvalue weighted by molar-refractivity contribution is -0.00568. The van der Waals surface area contributed by atoms with Crippen molar-refractivity contribution < 1.29 is 5.21 Å². The Bertz CT molecular complexity index is 166. The van der Waals surface area contributed by atoms with Gasteiger partial charge < -0.3 is 5.32 Å². The van der Waals surface area contributed by atoms with Gasteiger partial charge in [-0.1, -0.05) is 0 Å². The Morgan fingerprint density at radius 2 is 2.56 bits per heavy atom. The topological polar surface area (TPSA) is 35.5 Å². The second-order valence-corrected chi connectivity index (χ2v) is 2.29. The fraction of sp³-hybridized carbons (Fsp3) is 0.400. The zero-order chi connectivity index (χ0) is 6.85. The molecule has 0 saturated heterocycles. The van der Waals surface area contributed by atoms with Crippen LogP contribution in [-0.4, -0.2) is 21.9 Å². The van der Waals surface area contributed by atoms with E-state index in [2.05, 4.69) is 5.32 Å². The number of thiocarbonyl (C=S) groups is 1. The molecule has 0 bridgehead atoms. The smallest absolute Gasteiger partial charge is 0.197 e. The van der Waals surface area contributed by atoms with Crippen LogP contribution in [0.15, 0.2) is 11.8 Å². The van der Waals surface area contributed by atoms with Crippen LogP contribution in [0.3, 0.4) is 0 Å². The summed E-state index contributed by atoms with van der Waals surface area (Å²) < 4.78 is 0. The summed E-state index contributed by atoms with van der Waals surface area (Å²) in [5, 5.41) is 13.0. The van der Waals surface area contributed by atoms with Crippen molar-refractivity contribution in [2.45, 2.75) is 6.92 Å². The zero-order valence-corrected chi connectivity index (χ0v) is 5.90. The lowest BCUT2D eigenvalue weighted by atomic mass is 10.4. The SMILES string of the molecule is CC1=CCN(O)C(=S)N1. The molecule has 0 amide bonds. The highest BCUT2D eigenvalue weighted by molar-refractivity contribution is 7.80. The van der Waals surface area contributed by atoms with Crippen LogP contribution in [0.4, 0.5) is 0 Å². The Hall–Kier alpha value is -0.610. The summed E-state index contributed by atoms with van der Waals surface area (Å²) in [5.74, 6) is 0. The van der Waals surface area contributed by atoms with Gasteiger partial charge in [0.2, 0.25) is 0 Å². The van der Waals surface area contributed by atoms with Gasteiger partial charge in [0.05, 0.1) is 6.54 Å². The van der Waals surface area contributed by atoms with Crippen LogP contribution in [0.5, 0.6) is 0 Å². The molecule has 1 heterocycles. The van der Waals surface area contributed by atoms with E-state index < -0.39 is 0 Å². The number of hydrogen-bond acceptors (Lipinski definition) is 2. The molecule has 1 rings (SSSR count). The summed E-state index contributed by atoms with van der Waals surface area (Å²) in [5.41, 5.74) is 0.991. The molecule has 0 aromatic heterocycles. The van der Waals surface area contributed by atoms with Gasteiger partial charge in [0.25, 0.3) is 0 Å². The Kier molecular flexibility index (Phi) is 1.68. The third-order valence-electron chi connectivity index (χ3n) is 1.11. The maximum absolute atomic E-state index is 8.88. The molecule has 0 spiro atoms. The van der Waals surface area contributed by atoms with Crippen LogP contribution in [0.25, 0.3) is 0 Å². The Balaban J connectivity index is 2.65. The highest BCUT2D eigenvalue weighted by Gasteiger charge is 2.08. The van der Waals surface area contributed by atoms with Crippen molar-refractivity contribution in [3.05, 3.63) is 11.8 Å². The first kappa shape index (κ1) is 6.51. The molecule has 0 atom stereocenters. The minimum absolute atomic E-state index is 0.370. The van der Waals surface area contributed by atoms with Gasteiger partial charge in [-0.3, -0.25) is 5.21 Å². The summed E-state index contributed by atoms with van der Waals surface area (Å²) in [4.78, 5) is 0. The van der Waals surface area contributed by atoms with E-state index in [-0.39, 0.29) is 0 Å². The third-order valence-corrected chi connectivity index (χ3v) is 1.42. The number of nitrogens with one attached hydrogen (secondary N) is 1. The number of allylic oxidation sites excluding steroid dienone is 1. The third kappa shape index (κ3) is 1.40. The van der Waals surface area contributed by atoms with E-state index in [1.807, 2.05) is 13.0 Å². The number of nitrogens with zero attached hydrogens (tertiary/aromatic N) is 1. The zero-order valence-electron chi connectivity index (χ0n) is 5.09. The molecule has 1 aliphatic heterocycles. The molecule has 1 aliphatic rings. The largest absolute Gasteiger partial charge is 0.335 e. The number of hydrogen-bond donors (Lipinski definition) is 2. The van der Waals surface area contributed by atoms with Crippen LogP contribution in [0.2, 0.25) is 0 Å². The fourth-order valence-electron chi connectivity index (χ4n) is 0.591. The monoisotopic (exact) mass is 144 g/mol. The summed E-state index contributed by atoms with van der Waals surface area (Å²) in [7, 11) is 0. The van der Waals surface area contributed by atoms with Crippen molar-refractivity contribution in [2.24, 2.45) is 0 Å². The summed E-state index contributed by atoms with van der Waals surface area (Å²) in [6, 6.07) is 0. The van der Waals surface area contributed by atoms with Crippen molar-refractivity contribution in [1.82, 2.24) is 10.4 Å². The van der Waals surface area contributed by atoms with E-state index in [9.17, 15) is 0 Å². The standard InChI is InChI=1S/C5H8N2OS/c1-4-2-3-7(8)5(9)6-4/h2,8H,3H2,1H3,(H,6,9). The predicted molar refractivity (Wildman–Crippen MR) is 38.0 cm³/mol. The number of rotatable bonds is 0. The maximum atomic E-state index is 8.88. The molecule has 0 aromatic carbocycles. The molecule has 0 fully saturated rings. The van der Waals surface area contributed by atoms with E-state index in [0.29, 0.717) is 11.7 Å². The van der Waals surface area contributed by atoms with Crippen LogP contribution >= 0.6 is 12.2 Å². The van der Waals surface area contributed by atoms with Gasteiger partial charge >= 0.3 is 0 Å². The molecular formula is C5H8N2OS. The first-order chi connectivity index (χ1) is 4.20. The number of hydroxylamine groups is 2. The quantitative estimate of drug-likeness (QED) is 0.484. The first-order valence-corrected chi connectivity index (χ1v) is 3.05. The normalized spacial score (nSPS) is 19.1. The van der Waals surface area contributed by atoms with E-state index in [4.69, 9.17) is 17.4 Å². The first-order valence-electron chi connectivity index (χ1n) is 2.64. The van der Waals surface area contributed by atoms with E-state index >= 15 is 0 Å². The average molecular weight is 144 g/mol. The van der Waals surface area contributed by atoms with Crippen molar-refractivity contribution in [1.29, 1.82) is 0 Å². The molecule has 0 unspecified atom stereocenters. The minimum atomic E-state index is 0.370. The molecule has 0 aliphatic carbocycles. The molecule has 50 valence electrons. The summed E-state index contributed by atoms with van der Waals surface area (Å²) in [6.45, 7) is 2.39. The van der Waals surface area contributed by atoms with Gasteiger partial charge in [-0.05, 0) is 25.2 Å². The molecule has 9 heavy (non-hydrogen) atoms. The lowest BCUT2D eigenvalue weighted by Crippen LogP contribution is -2.40. The highest BCUT2D eigenvalue weighted by atomic mass is 32.1. The van der Waals surface area contributed by atoms with Gasteiger partial charge in [-0.15, -0.1) is 0 Å². The van der Waals surface area contributed by atoms with Crippen molar-refractivity contribution in [3.8, 4) is 0 Å². The van der Waals surface area contributed by atoms with Crippen LogP contribution < -0.4 is 5.32 Å². The molecule has 3 nitrogen and oxygen atoms in total. The molecule has 0 saturated carbocycles. The lowest BCUT2D eigenvalue weighted by Gasteiger charge is -2.22. The van der Waals surface area contributed by atoms with Crippen molar-refractivity contribution in [3.63, 3.8) is 0 Å². The summed E-state index contributed by atoms with van der Waals surface area (Å²) in [6.07, 6.45) is 1.86. The van der Waals surface area contributed by atoms with E-state index in [1.54, 1.807) is 0 Å². The van der Waals surface area contributed by atoms with Gasteiger partial charge in [-0.25, -0.2) is 5.06 Å². The van der Waals surface area contributed by atoms with Crippen molar-refractivity contribution >= 4 is 17.3 Å².